The van der Waals surface area contributed by atoms with Gasteiger partial charge in [0.1, 0.15) is 5.69 Å². The van der Waals surface area contributed by atoms with Crippen LogP contribution >= 0.6 is 23.3 Å². The second kappa shape index (κ2) is 7.16. The van der Waals surface area contributed by atoms with Crippen LogP contribution in [0, 0.1) is 0 Å². The highest BCUT2D eigenvalue weighted by atomic mass is 32.2. The van der Waals surface area contributed by atoms with Gasteiger partial charge in [-0.3, -0.25) is 9.36 Å². The first-order valence-corrected chi connectivity index (χ1v) is 9.82. The minimum atomic E-state index is -4.78. The highest BCUT2D eigenvalue weighted by Gasteiger charge is 2.35. The molecular formula is C17H16F3N3O2S2. The van der Waals surface area contributed by atoms with Crippen molar-refractivity contribution in [3.05, 3.63) is 56.5 Å². The molecule has 0 saturated heterocycles. The summed E-state index contributed by atoms with van der Waals surface area (Å²) in [6.07, 6.45) is -4.78. The van der Waals surface area contributed by atoms with Gasteiger partial charge in [-0.15, -0.1) is 0 Å². The van der Waals surface area contributed by atoms with Gasteiger partial charge in [-0.25, -0.2) is 9.36 Å². The van der Waals surface area contributed by atoms with E-state index in [0.717, 1.165) is 27.4 Å². The Morgan fingerprint density at radius 3 is 2.56 bits per heavy atom. The fourth-order valence-corrected chi connectivity index (χ4v) is 4.17. The molecule has 0 saturated carbocycles. The van der Waals surface area contributed by atoms with Crippen LogP contribution in [0.1, 0.15) is 25.2 Å². The molecule has 0 unspecified atom stereocenters. The maximum absolute atomic E-state index is 13.0. The first-order valence-electron chi connectivity index (χ1n) is 8.00. The second-order valence-corrected chi connectivity index (χ2v) is 8.58. The average Bonchev–Trinajstić information content (AvgIpc) is 2.98. The summed E-state index contributed by atoms with van der Waals surface area (Å²) < 4.78 is 45.5. The van der Waals surface area contributed by atoms with Gasteiger partial charge in [0.25, 0.3) is 5.56 Å². The van der Waals surface area contributed by atoms with E-state index in [9.17, 15) is 22.8 Å². The molecule has 0 aliphatic heterocycles. The molecule has 0 fully saturated rings. The van der Waals surface area contributed by atoms with Gasteiger partial charge in [0.05, 0.1) is 16.1 Å². The highest BCUT2D eigenvalue weighted by molar-refractivity contribution is 7.99. The third kappa shape index (κ3) is 3.81. The monoisotopic (exact) mass is 415 g/mol. The molecule has 3 rings (SSSR count). The Kier molecular flexibility index (Phi) is 5.22. The highest BCUT2D eigenvalue weighted by Crippen LogP contribution is 2.29. The van der Waals surface area contributed by atoms with E-state index in [1.165, 1.54) is 17.6 Å². The maximum atomic E-state index is 13.0. The van der Waals surface area contributed by atoms with Crippen LogP contribution < -0.4 is 11.2 Å². The van der Waals surface area contributed by atoms with Crippen molar-refractivity contribution < 1.29 is 13.2 Å². The van der Waals surface area contributed by atoms with E-state index in [-0.39, 0.29) is 5.69 Å². The number of nitrogens with zero attached hydrogens (tertiary/aromatic N) is 3. The SMILES string of the molecule is CC(C)SCc1nsc2ccc(-n3c(=O)cc(C(F)(F)F)n(C)c3=O)cc12. The van der Waals surface area contributed by atoms with Crippen LogP contribution in [0.25, 0.3) is 15.8 Å². The number of aromatic nitrogens is 3. The normalized spacial score (nSPS) is 12.3. The van der Waals surface area contributed by atoms with Gasteiger partial charge in [0.2, 0.25) is 0 Å². The molecule has 1 aromatic carbocycles. The van der Waals surface area contributed by atoms with Gasteiger partial charge >= 0.3 is 11.9 Å². The number of benzene rings is 1. The minimum Gasteiger partial charge on any atom is -0.292 e. The van der Waals surface area contributed by atoms with Gasteiger partial charge < -0.3 is 0 Å². The molecule has 0 amide bonds. The summed E-state index contributed by atoms with van der Waals surface area (Å²) in [5.41, 5.74) is -2.30. The smallest absolute Gasteiger partial charge is 0.292 e. The first-order chi connectivity index (χ1) is 12.6. The number of thioether (sulfide) groups is 1. The molecule has 0 atom stereocenters. The summed E-state index contributed by atoms with van der Waals surface area (Å²) in [6.45, 7) is 4.13. The van der Waals surface area contributed by atoms with Crippen LogP contribution in [0.15, 0.2) is 33.9 Å². The Morgan fingerprint density at radius 1 is 1.22 bits per heavy atom. The van der Waals surface area contributed by atoms with E-state index < -0.39 is 23.1 Å². The van der Waals surface area contributed by atoms with Crippen LogP contribution in [0.2, 0.25) is 0 Å². The Labute approximate surface area is 160 Å². The zero-order valence-corrected chi connectivity index (χ0v) is 16.3. The molecule has 0 aliphatic carbocycles. The summed E-state index contributed by atoms with van der Waals surface area (Å²) >= 11 is 3.01. The Morgan fingerprint density at radius 2 is 1.93 bits per heavy atom. The number of rotatable bonds is 4. The van der Waals surface area contributed by atoms with Gasteiger partial charge in [-0.2, -0.15) is 29.3 Å². The van der Waals surface area contributed by atoms with Gasteiger partial charge in [0, 0.05) is 24.3 Å². The Balaban J connectivity index is 2.16. The Hall–Kier alpha value is -2.07. The van der Waals surface area contributed by atoms with E-state index in [0.29, 0.717) is 21.6 Å². The fourth-order valence-electron chi connectivity index (χ4n) is 2.60. The topological polar surface area (TPSA) is 56.9 Å². The van der Waals surface area contributed by atoms with Crippen molar-refractivity contribution in [2.24, 2.45) is 7.05 Å². The van der Waals surface area contributed by atoms with Crippen LogP contribution in [0.4, 0.5) is 13.2 Å². The van der Waals surface area contributed by atoms with E-state index in [1.807, 2.05) is 0 Å². The van der Waals surface area contributed by atoms with Crippen LogP contribution in [0.5, 0.6) is 0 Å². The maximum Gasteiger partial charge on any atom is 0.431 e. The molecule has 144 valence electrons. The number of halogens is 3. The fraction of sp³-hybridized carbons (Fsp3) is 0.353. The third-order valence-electron chi connectivity index (χ3n) is 3.95. The van der Waals surface area contributed by atoms with Crippen LogP contribution in [-0.2, 0) is 19.0 Å². The molecular weight excluding hydrogens is 399 g/mol. The van der Waals surface area contributed by atoms with E-state index >= 15 is 0 Å². The molecule has 10 heteroatoms. The van der Waals surface area contributed by atoms with Crippen molar-refractivity contribution in [3.63, 3.8) is 0 Å². The van der Waals surface area contributed by atoms with Gasteiger partial charge in [-0.05, 0) is 35.0 Å². The summed E-state index contributed by atoms with van der Waals surface area (Å²) in [5, 5.41) is 1.20. The van der Waals surface area contributed by atoms with Crippen molar-refractivity contribution in [1.82, 2.24) is 13.5 Å². The largest absolute Gasteiger partial charge is 0.431 e. The summed E-state index contributed by atoms with van der Waals surface area (Å²) in [6, 6.07) is 5.32. The van der Waals surface area contributed by atoms with Crippen molar-refractivity contribution in [2.45, 2.75) is 31.0 Å². The summed E-state index contributed by atoms with van der Waals surface area (Å²) in [5.74, 6) is 0.668. The lowest BCUT2D eigenvalue weighted by Gasteiger charge is -2.14. The predicted octanol–water partition coefficient (Wildman–Crippen LogP) is 3.81. The first kappa shape index (κ1) is 19.7. The molecule has 2 aromatic heterocycles. The molecule has 2 heterocycles. The van der Waals surface area contributed by atoms with Crippen LogP contribution in [-0.4, -0.2) is 18.8 Å². The molecule has 3 aromatic rings. The van der Waals surface area contributed by atoms with Crippen molar-refractivity contribution >= 4 is 33.4 Å². The Bertz CT molecular complexity index is 1110. The number of hydrogen-bond donors (Lipinski definition) is 0. The van der Waals surface area contributed by atoms with Crippen molar-refractivity contribution in [2.75, 3.05) is 0 Å². The molecule has 5 nitrogen and oxygen atoms in total. The minimum absolute atomic E-state index is 0.220. The quantitative estimate of drug-likeness (QED) is 0.650. The van der Waals surface area contributed by atoms with E-state index in [1.54, 1.807) is 23.9 Å². The van der Waals surface area contributed by atoms with Gasteiger partial charge in [-0.1, -0.05) is 13.8 Å². The number of fused-ring (bicyclic) bond motifs is 1. The number of hydrogen-bond acceptors (Lipinski definition) is 5. The lowest BCUT2D eigenvalue weighted by Crippen LogP contribution is -2.40. The zero-order chi connectivity index (χ0) is 19.9. The van der Waals surface area contributed by atoms with E-state index in [2.05, 4.69) is 18.2 Å². The lowest BCUT2D eigenvalue weighted by atomic mass is 10.2. The van der Waals surface area contributed by atoms with Crippen molar-refractivity contribution in [1.29, 1.82) is 0 Å². The molecule has 0 radical (unpaired) electrons. The summed E-state index contributed by atoms with van der Waals surface area (Å²) in [7, 11) is 0.997. The second-order valence-electron chi connectivity index (χ2n) is 6.21. The zero-order valence-electron chi connectivity index (χ0n) is 14.7. The standard InChI is InChI=1S/C17H16F3N3O2S2/c1-9(2)26-8-12-11-6-10(4-5-13(11)27-21-12)23-15(24)7-14(17(18,19)20)22(3)16(23)25/h4-7,9H,8H2,1-3H3. The molecule has 0 N–H and O–H groups in total. The molecule has 0 aliphatic rings. The molecule has 0 bridgehead atoms. The average molecular weight is 415 g/mol. The third-order valence-corrected chi connectivity index (χ3v) is 5.92. The summed E-state index contributed by atoms with van der Waals surface area (Å²) in [4.78, 5) is 24.7. The van der Waals surface area contributed by atoms with Gasteiger partial charge in [0.15, 0.2) is 0 Å². The van der Waals surface area contributed by atoms with Crippen molar-refractivity contribution in [3.8, 4) is 5.69 Å². The number of alkyl halides is 3. The predicted molar refractivity (Wildman–Crippen MR) is 102 cm³/mol. The lowest BCUT2D eigenvalue weighted by molar-refractivity contribution is -0.144. The molecule has 0 spiro atoms. The molecule has 27 heavy (non-hydrogen) atoms. The van der Waals surface area contributed by atoms with E-state index in [4.69, 9.17) is 0 Å². The van der Waals surface area contributed by atoms with Crippen LogP contribution in [0.3, 0.4) is 0 Å².